The number of carboxylic acids is 1. The van der Waals surface area contributed by atoms with Crippen molar-refractivity contribution >= 4 is 28.7 Å². The van der Waals surface area contributed by atoms with Crippen LogP contribution < -0.4 is 10.6 Å². The van der Waals surface area contributed by atoms with Gasteiger partial charge in [0, 0.05) is 36.6 Å². The number of carboxylic acid groups (broad SMARTS) is 1. The molecule has 0 aliphatic carbocycles. The lowest BCUT2D eigenvalue weighted by Gasteiger charge is -2.22. The number of rotatable bonds is 6. The highest BCUT2D eigenvalue weighted by atomic mass is 16.4. The number of nitrogens with zero attached hydrogens (tertiary/aromatic N) is 1. The number of fused-ring (bicyclic) bond motifs is 5. The van der Waals surface area contributed by atoms with E-state index in [2.05, 4.69) is 27.5 Å². The van der Waals surface area contributed by atoms with E-state index in [1.807, 2.05) is 48.5 Å². The number of carbonyl (C=O) groups is 3. The molecule has 4 rings (SSSR count). The number of hydrogen-bond acceptors (Lipinski definition) is 3. The van der Waals surface area contributed by atoms with Crippen LogP contribution in [0, 0.1) is 5.92 Å². The lowest BCUT2D eigenvalue weighted by atomic mass is 9.94. The molecule has 0 fully saturated rings. The highest BCUT2D eigenvalue weighted by Gasteiger charge is 2.28. The summed E-state index contributed by atoms with van der Waals surface area (Å²) >= 11 is 0. The zero-order chi connectivity index (χ0) is 24.6. The van der Waals surface area contributed by atoms with Gasteiger partial charge in [0.1, 0.15) is 6.04 Å². The zero-order valence-corrected chi connectivity index (χ0v) is 19.9. The van der Waals surface area contributed by atoms with Crippen molar-refractivity contribution in [3.63, 3.8) is 0 Å². The molecule has 1 aliphatic rings. The van der Waals surface area contributed by atoms with Gasteiger partial charge in [0.25, 0.3) is 0 Å². The standard InChI is InChI=1S/C28H33N3O4/c32-26(33)18-21(16-20-10-4-3-5-11-20)27(34)30-24-17-22-19-31(25-13-7-6-12-23(22)25)15-9-2-1-8-14-29-28(24)35/h3-7,10-13,19,21,24H,1-2,8-9,14-18H2,(H,29,35)(H,30,34)(H,32,33)/t21-,24+/m1/s1. The number of carbonyl (C=O) groups excluding carboxylic acids is 2. The summed E-state index contributed by atoms with van der Waals surface area (Å²) in [6.07, 6.45) is 6.52. The summed E-state index contributed by atoms with van der Waals surface area (Å²) in [6, 6.07) is 16.7. The van der Waals surface area contributed by atoms with Crippen LogP contribution in [0.25, 0.3) is 10.9 Å². The molecule has 0 saturated heterocycles. The molecule has 1 aromatic heterocycles. The molecule has 0 spiro atoms. The molecule has 2 aromatic carbocycles. The fourth-order valence-corrected chi connectivity index (χ4v) is 4.85. The molecule has 1 aliphatic heterocycles. The van der Waals surface area contributed by atoms with Gasteiger partial charge in [-0.2, -0.15) is 0 Å². The van der Waals surface area contributed by atoms with Gasteiger partial charge in [0.15, 0.2) is 0 Å². The van der Waals surface area contributed by atoms with Crippen molar-refractivity contribution in [1.82, 2.24) is 15.2 Å². The van der Waals surface area contributed by atoms with Crippen molar-refractivity contribution in [3.8, 4) is 0 Å². The van der Waals surface area contributed by atoms with E-state index in [4.69, 9.17) is 0 Å². The fraction of sp³-hybridized carbons (Fsp3) is 0.393. The molecule has 184 valence electrons. The Balaban J connectivity index is 1.60. The van der Waals surface area contributed by atoms with Gasteiger partial charge < -0.3 is 20.3 Å². The molecule has 2 amide bonds. The molecule has 0 unspecified atom stereocenters. The van der Waals surface area contributed by atoms with E-state index < -0.39 is 23.8 Å². The average Bonchev–Trinajstić information content (AvgIpc) is 3.20. The largest absolute Gasteiger partial charge is 0.481 e. The second kappa shape index (κ2) is 11.7. The van der Waals surface area contributed by atoms with Crippen LogP contribution in [0.2, 0.25) is 0 Å². The molecule has 3 N–H and O–H groups in total. The summed E-state index contributed by atoms with van der Waals surface area (Å²) in [5.41, 5.74) is 3.01. The summed E-state index contributed by atoms with van der Waals surface area (Å²) in [4.78, 5) is 38.0. The Hall–Kier alpha value is -3.61. The van der Waals surface area contributed by atoms with Gasteiger partial charge >= 0.3 is 5.97 Å². The minimum absolute atomic E-state index is 0.233. The van der Waals surface area contributed by atoms with Crippen LogP contribution in [0.3, 0.4) is 0 Å². The minimum atomic E-state index is -1.04. The number of para-hydroxylation sites is 1. The SMILES string of the molecule is O=C(O)C[C@@H](Cc1ccccc1)C(=O)N[C@H]1Cc2cn(c3ccccc23)CCCCCCNC1=O. The van der Waals surface area contributed by atoms with Crippen molar-refractivity contribution in [3.05, 3.63) is 71.9 Å². The molecule has 7 nitrogen and oxygen atoms in total. The first-order valence-electron chi connectivity index (χ1n) is 12.4. The first-order valence-corrected chi connectivity index (χ1v) is 12.4. The van der Waals surface area contributed by atoms with Crippen LogP contribution in [-0.4, -0.2) is 40.0 Å². The number of aliphatic carboxylic acids is 1. The number of nitrogens with one attached hydrogen (secondary N) is 2. The van der Waals surface area contributed by atoms with Crippen LogP contribution >= 0.6 is 0 Å². The van der Waals surface area contributed by atoms with Crippen molar-refractivity contribution in [2.75, 3.05) is 6.54 Å². The molecule has 2 bridgehead atoms. The molecule has 0 saturated carbocycles. The highest BCUT2D eigenvalue weighted by molar-refractivity contribution is 5.91. The van der Waals surface area contributed by atoms with Crippen molar-refractivity contribution in [1.29, 1.82) is 0 Å². The normalized spacial score (nSPS) is 17.9. The Morgan fingerprint density at radius 3 is 2.57 bits per heavy atom. The second-order valence-electron chi connectivity index (χ2n) is 9.32. The van der Waals surface area contributed by atoms with Crippen LogP contribution in [0.15, 0.2) is 60.8 Å². The molecular formula is C28H33N3O4. The third-order valence-corrected chi connectivity index (χ3v) is 6.67. The maximum Gasteiger partial charge on any atom is 0.304 e. The maximum absolute atomic E-state index is 13.3. The van der Waals surface area contributed by atoms with Crippen molar-refractivity contribution in [2.45, 2.75) is 57.5 Å². The summed E-state index contributed by atoms with van der Waals surface area (Å²) in [6.45, 7) is 1.48. The first kappa shape index (κ1) is 24.5. The summed E-state index contributed by atoms with van der Waals surface area (Å²) in [5, 5.41) is 16.4. The Kier molecular flexibility index (Phi) is 8.19. The van der Waals surface area contributed by atoms with E-state index in [-0.39, 0.29) is 12.3 Å². The van der Waals surface area contributed by atoms with E-state index in [1.54, 1.807) is 0 Å². The summed E-state index contributed by atoms with van der Waals surface area (Å²) in [7, 11) is 0. The van der Waals surface area contributed by atoms with Gasteiger partial charge in [-0.25, -0.2) is 0 Å². The monoisotopic (exact) mass is 475 g/mol. The van der Waals surface area contributed by atoms with E-state index in [1.165, 1.54) is 0 Å². The summed E-state index contributed by atoms with van der Waals surface area (Å²) in [5.74, 6) is -2.45. The number of aryl methyl sites for hydroxylation is 1. The topological polar surface area (TPSA) is 100 Å². The lowest BCUT2D eigenvalue weighted by Crippen LogP contribution is -2.50. The van der Waals surface area contributed by atoms with E-state index in [0.29, 0.717) is 19.4 Å². The molecule has 2 atom stereocenters. The number of hydrogen-bond donors (Lipinski definition) is 3. The number of amides is 2. The predicted molar refractivity (Wildman–Crippen MR) is 135 cm³/mol. The second-order valence-corrected chi connectivity index (χ2v) is 9.32. The first-order chi connectivity index (χ1) is 17.0. The zero-order valence-electron chi connectivity index (χ0n) is 19.9. The molecule has 7 heteroatoms. The molecular weight excluding hydrogens is 442 g/mol. The molecule has 35 heavy (non-hydrogen) atoms. The fourth-order valence-electron chi connectivity index (χ4n) is 4.85. The van der Waals surface area contributed by atoms with Gasteiger partial charge in [0.05, 0.1) is 12.3 Å². The highest BCUT2D eigenvalue weighted by Crippen LogP contribution is 2.24. The smallest absolute Gasteiger partial charge is 0.304 e. The molecule has 0 radical (unpaired) electrons. The number of aromatic nitrogens is 1. The summed E-state index contributed by atoms with van der Waals surface area (Å²) < 4.78 is 2.24. The Bertz CT molecular complexity index is 1170. The van der Waals surface area contributed by atoms with E-state index >= 15 is 0 Å². The predicted octanol–water partition coefficient (Wildman–Crippen LogP) is 3.69. The van der Waals surface area contributed by atoms with Crippen molar-refractivity contribution in [2.24, 2.45) is 5.92 Å². The Labute approximate surface area is 205 Å². The van der Waals surface area contributed by atoms with E-state index in [9.17, 15) is 19.5 Å². The minimum Gasteiger partial charge on any atom is -0.481 e. The van der Waals surface area contributed by atoms with E-state index in [0.717, 1.165) is 54.3 Å². The molecule has 3 aromatic rings. The van der Waals surface area contributed by atoms with Crippen LogP contribution in [0.1, 0.15) is 43.2 Å². The number of benzene rings is 2. The average molecular weight is 476 g/mol. The Morgan fingerprint density at radius 1 is 1.03 bits per heavy atom. The quantitative estimate of drug-likeness (QED) is 0.506. The molecule has 2 heterocycles. The van der Waals surface area contributed by atoms with Gasteiger partial charge in [-0.1, -0.05) is 61.4 Å². The maximum atomic E-state index is 13.3. The van der Waals surface area contributed by atoms with Crippen LogP contribution in [0.5, 0.6) is 0 Å². The van der Waals surface area contributed by atoms with Gasteiger partial charge in [0.2, 0.25) is 11.8 Å². The van der Waals surface area contributed by atoms with Gasteiger partial charge in [-0.05, 0) is 36.5 Å². The van der Waals surface area contributed by atoms with Gasteiger partial charge in [-0.15, -0.1) is 0 Å². The van der Waals surface area contributed by atoms with Gasteiger partial charge in [-0.3, -0.25) is 14.4 Å². The lowest BCUT2D eigenvalue weighted by molar-refractivity contribution is -0.141. The Morgan fingerprint density at radius 2 is 1.77 bits per heavy atom. The van der Waals surface area contributed by atoms with Crippen molar-refractivity contribution < 1.29 is 19.5 Å². The third-order valence-electron chi connectivity index (χ3n) is 6.67. The van der Waals surface area contributed by atoms with Crippen LogP contribution in [0.4, 0.5) is 0 Å². The van der Waals surface area contributed by atoms with Crippen LogP contribution in [-0.2, 0) is 33.8 Å². The third kappa shape index (κ3) is 6.50.